The number of carbonyl (C=O) groups is 1. The number of halogens is 1. The van der Waals surface area contributed by atoms with Crippen LogP contribution in [0.4, 0.5) is 10.1 Å². The maximum absolute atomic E-state index is 13.1. The number of benzene rings is 2. The average molecular weight is 365 g/mol. The molecule has 2 aromatic rings. The van der Waals surface area contributed by atoms with Crippen LogP contribution in [0, 0.1) is 19.7 Å². The fourth-order valence-corrected chi connectivity index (χ4v) is 3.81. The Balaban J connectivity index is 2.55. The molecule has 0 saturated heterocycles. The highest BCUT2D eigenvalue weighted by Crippen LogP contribution is 2.28. The average Bonchev–Trinajstić information content (AvgIpc) is 2.55. The van der Waals surface area contributed by atoms with Crippen molar-refractivity contribution in [3.8, 4) is 0 Å². The van der Waals surface area contributed by atoms with Crippen LogP contribution in [0.5, 0.6) is 0 Å². The smallest absolute Gasteiger partial charge is 0.326 e. The molecule has 0 N–H and O–H groups in total. The molecule has 0 unspecified atom stereocenters. The van der Waals surface area contributed by atoms with Crippen LogP contribution < -0.4 is 4.31 Å². The number of hydrogen-bond donors (Lipinski definition) is 0. The molecular formula is C18H20FNO4S. The second kappa shape index (κ2) is 7.65. The number of rotatable bonds is 6. The molecule has 5 nitrogen and oxygen atoms in total. The van der Waals surface area contributed by atoms with Gasteiger partial charge in [-0.25, -0.2) is 12.8 Å². The van der Waals surface area contributed by atoms with Crippen LogP contribution in [0.15, 0.2) is 47.4 Å². The Labute approximate surface area is 147 Å². The molecule has 0 saturated carbocycles. The van der Waals surface area contributed by atoms with Gasteiger partial charge in [0, 0.05) is 0 Å². The van der Waals surface area contributed by atoms with Crippen molar-refractivity contribution in [2.45, 2.75) is 25.7 Å². The summed E-state index contributed by atoms with van der Waals surface area (Å²) in [6, 6.07) is 9.81. The van der Waals surface area contributed by atoms with E-state index in [-0.39, 0.29) is 11.5 Å². The van der Waals surface area contributed by atoms with Crippen LogP contribution >= 0.6 is 0 Å². The van der Waals surface area contributed by atoms with Crippen molar-refractivity contribution in [1.82, 2.24) is 0 Å². The predicted molar refractivity (Wildman–Crippen MR) is 93.5 cm³/mol. The maximum Gasteiger partial charge on any atom is 0.326 e. The molecule has 0 atom stereocenters. The topological polar surface area (TPSA) is 63.7 Å². The molecule has 0 aliphatic carbocycles. The van der Waals surface area contributed by atoms with Gasteiger partial charge in [-0.15, -0.1) is 0 Å². The van der Waals surface area contributed by atoms with E-state index in [0.717, 1.165) is 22.0 Å². The third-order valence-electron chi connectivity index (χ3n) is 3.61. The van der Waals surface area contributed by atoms with Gasteiger partial charge in [0.15, 0.2) is 0 Å². The first kappa shape index (κ1) is 18.9. The monoisotopic (exact) mass is 365 g/mol. The number of carbonyl (C=O) groups excluding carboxylic acids is 1. The first-order valence-corrected chi connectivity index (χ1v) is 9.21. The molecular weight excluding hydrogens is 345 g/mol. The lowest BCUT2D eigenvalue weighted by molar-refractivity contribution is -0.141. The Bertz CT molecular complexity index is 863. The summed E-state index contributed by atoms with van der Waals surface area (Å²) in [4.78, 5) is 11.9. The number of aryl methyl sites for hydroxylation is 2. The third kappa shape index (κ3) is 4.36. The molecule has 2 rings (SSSR count). The molecule has 0 fully saturated rings. The van der Waals surface area contributed by atoms with Crippen molar-refractivity contribution in [1.29, 1.82) is 0 Å². The Kier molecular flexibility index (Phi) is 5.79. The van der Waals surface area contributed by atoms with Gasteiger partial charge in [-0.05, 0) is 62.2 Å². The summed E-state index contributed by atoms with van der Waals surface area (Å²) in [6.45, 7) is 4.92. The lowest BCUT2D eigenvalue weighted by Crippen LogP contribution is -2.37. The molecule has 7 heteroatoms. The van der Waals surface area contributed by atoms with E-state index >= 15 is 0 Å². The van der Waals surface area contributed by atoms with Crippen LogP contribution in [0.2, 0.25) is 0 Å². The quantitative estimate of drug-likeness (QED) is 0.738. The van der Waals surface area contributed by atoms with Crippen LogP contribution in [0.1, 0.15) is 18.1 Å². The van der Waals surface area contributed by atoms with E-state index in [1.165, 1.54) is 12.1 Å². The minimum atomic E-state index is -4.06. The van der Waals surface area contributed by atoms with Crippen molar-refractivity contribution in [2.75, 3.05) is 17.5 Å². The minimum absolute atomic E-state index is 0.0981. The summed E-state index contributed by atoms with van der Waals surface area (Å²) in [7, 11) is -4.06. The van der Waals surface area contributed by atoms with Gasteiger partial charge >= 0.3 is 5.97 Å². The number of hydrogen-bond acceptors (Lipinski definition) is 4. The molecule has 0 heterocycles. The number of esters is 1. The van der Waals surface area contributed by atoms with E-state index < -0.39 is 28.4 Å². The highest BCUT2D eigenvalue weighted by Gasteiger charge is 2.28. The molecule has 0 aliphatic rings. The van der Waals surface area contributed by atoms with Crippen molar-refractivity contribution in [3.63, 3.8) is 0 Å². The van der Waals surface area contributed by atoms with Gasteiger partial charge in [0.25, 0.3) is 10.0 Å². The van der Waals surface area contributed by atoms with Gasteiger partial charge in [0.2, 0.25) is 0 Å². The van der Waals surface area contributed by atoms with E-state index in [0.29, 0.717) is 11.3 Å². The first-order valence-electron chi connectivity index (χ1n) is 7.77. The van der Waals surface area contributed by atoms with Gasteiger partial charge in [-0.2, -0.15) is 0 Å². The molecule has 0 spiro atoms. The van der Waals surface area contributed by atoms with Gasteiger partial charge < -0.3 is 4.74 Å². The third-order valence-corrected chi connectivity index (χ3v) is 5.39. The first-order chi connectivity index (χ1) is 11.8. The second-order valence-corrected chi connectivity index (χ2v) is 7.42. The summed E-state index contributed by atoms with van der Waals surface area (Å²) in [6.07, 6.45) is 0. The zero-order valence-corrected chi connectivity index (χ0v) is 15.1. The molecule has 134 valence electrons. The Morgan fingerprint density at radius 3 is 2.36 bits per heavy atom. The lowest BCUT2D eigenvalue weighted by atomic mass is 10.1. The second-order valence-electron chi connectivity index (χ2n) is 5.56. The largest absolute Gasteiger partial charge is 0.465 e. The van der Waals surface area contributed by atoms with Crippen LogP contribution in [-0.2, 0) is 19.6 Å². The lowest BCUT2D eigenvalue weighted by Gasteiger charge is -2.25. The van der Waals surface area contributed by atoms with Gasteiger partial charge in [-0.3, -0.25) is 9.10 Å². The zero-order chi connectivity index (χ0) is 18.6. The van der Waals surface area contributed by atoms with Crippen molar-refractivity contribution in [2.24, 2.45) is 0 Å². The van der Waals surface area contributed by atoms with E-state index in [1.807, 2.05) is 13.0 Å². The number of sulfonamides is 1. The van der Waals surface area contributed by atoms with Gasteiger partial charge in [-0.1, -0.05) is 12.1 Å². The highest BCUT2D eigenvalue weighted by atomic mass is 32.2. The van der Waals surface area contributed by atoms with Crippen LogP contribution in [0.3, 0.4) is 0 Å². The van der Waals surface area contributed by atoms with Crippen LogP contribution in [0.25, 0.3) is 0 Å². The maximum atomic E-state index is 13.1. The summed E-state index contributed by atoms with van der Waals surface area (Å²) in [5, 5.41) is 0. The minimum Gasteiger partial charge on any atom is -0.465 e. The summed E-state index contributed by atoms with van der Waals surface area (Å²) in [5.41, 5.74) is 1.93. The molecule has 0 bridgehead atoms. The normalized spacial score (nSPS) is 11.2. The zero-order valence-electron chi connectivity index (χ0n) is 14.3. The standard InChI is InChI=1S/C18H20FNO4S/c1-4-24-18(21)12-20(17-11-13(2)5-6-14(17)3)25(22,23)16-9-7-15(19)8-10-16/h5-11H,4,12H2,1-3H3. The fourth-order valence-electron chi connectivity index (χ4n) is 2.35. The van der Waals surface area contributed by atoms with E-state index in [1.54, 1.807) is 26.0 Å². The van der Waals surface area contributed by atoms with Crippen molar-refractivity contribution in [3.05, 3.63) is 59.4 Å². The summed E-state index contributed by atoms with van der Waals surface area (Å²) in [5.74, 6) is -1.20. The molecule has 0 aliphatic heterocycles. The highest BCUT2D eigenvalue weighted by molar-refractivity contribution is 7.92. The Hall–Kier alpha value is -2.41. The number of anilines is 1. The van der Waals surface area contributed by atoms with Crippen LogP contribution in [-0.4, -0.2) is 27.5 Å². The van der Waals surface area contributed by atoms with Crippen molar-refractivity contribution >= 4 is 21.7 Å². The Morgan fingerprint density at radius 1 is 1.12 bits per heavy atom. The molecule has 0 radical (unpaired) electrons. The number of ether oxygens (including phenoxy) is 1. The van der Waals surface area contributed by atoms with Crippen molar-refractivity contribution < 1.29 is 22.3 Å². The Morgan fingerprint density at radius 2 is 1.76 bits per heavy atom. The fraction of sp³-hybridized carbons (Fsp3) is 0.278. The molecule has 25 heavy (non-hydrogen) atoms. The molecule has 0 aromatic heterocycles. The molecule has 0 amide bonds. The summed E-state index contributed by atoms with van der Waals surface area (Å²) < 4.78 is 45.1. The van der Waals surface area contributed by atoms with Gasteiger partial charge in [0.1, 0.15) is 12.4 Å². The van der Waals surface area contributed by atoms with E-state index in [2.05, 4.69) is 0 Å². The number of nitrogens with zero attached hydrogens (tertiary/aromatic N) is 1. The van der Waals surface area contributed by atoms with Gasteiger partial charge in [0.05, 0.1) is 17.2 Å². The summed E-state index contributed by atoms with van der Waals surface area (Å²) >= 11 is 0. The SMILES string of the molecule is CCOC(=O)CN(c1cc(C)ccc1C)S(=O)(=O)c1ccc(F)cc1. The van der Waals surface area contributed by atoms with E-state index in [4.69, 9.17) is 4.74 Å². The molecule has 2 aromatic carbocycles. The predicted octanol–water partition coefficient (Wildman–Crippen LogP) is 3.20. The van der Waals surface area contributed by atoms with E-state index in [9.17, 15) is 17.6 Å².